The van der Waals surface area contributed by atoms with Crippen molar-refractivity contribution in [1.82, 2.24) is 0 Å². The van der Waals surface area contributed by atoms with Gasteiger partial charge in [-0.25, -0.2) is 0 Å². The molecule has 0 aliphatic rings. The smallest absolute Gasteiger partial charge is 0.261 e. The molecule has 8 heavy (non-hydrogen) atoms. The van der Waals surface area contributed by atoms with Crippen LogP contribution >= 0.6 is 0 Å². The summed E-state index contributed by atoms with van der Waals surface area (Å²) in [6, 6.07) is -1.20. The topological polar surface area (TPSA) is 17.1 Å². The first-order valence-electron chi connectivity index (χ1n) is 2.85. The van der Waals surface area contributed by atoms with E-state index >= 15 is 0 Å². The highest BCUT2D eigenvalue weighted by Crippen LogP contribution is 2.06. The molecule has 0 rings (SSSR count). The monoisotopic (exact) mass is 118 g/mol. The van der Waals surface area contributed by atoms with Crippen molar-refractivity contribution in [2.45, 2.75) is 26.7 Å². The van der Waals surface area contributed by atoms with E-state index in [1.165, 1.54) is 0 Å². The van der Waals surface area contributed by atoms with Crippen LogP contribution in [0.3, 0.4) is 0 Å². The second-order valence-electron chi connectivity index (χ2n) is 2.07. The lowest BCUT2D eigenvalue weighted by Gasteiger charge is -1.99. The summed E-state index contributed by atoms with van der Waals surface area (Å²) in [4.78, 5) is 9.75. The molecule has 1 unspecified atom stereocenters. The van der Waals surface area contributed by atoms with Crippen molar-refractivity contribution >= 4 is 6.04 Å². The van der Waals surface area contributed by atoms with Crippen LogP contribution in [0.5, 0.6) is 0 Å². The Kier molecular flexibility index (Phi) is 3.40. The summed E-state index contributed by atoms with van der Waals surface area (Å²) in [5.41, 5.74) is 0. The first kappa shape index (κ1) is 7.60. The second kappa shape index (κ2) is 3.58. The van der Waals surface area contributed by atoms with Crippen LogP contribution in [-0.4, -0.2) is 6.04 Å². The lowest BCUT2D eigenvalue weighted by Crippen LogP contribution is -1.97. The van der Waals surface area contributed by atoms with Crippen molar-refractivity contribution < 1.29 is 9.18 Å². The van der Waals surface area contributed by atoms with E-state index in [0.29, 0.717) is 0 Å². The van der Waals surface area contributed by atoms with E-state index in [4.69, 9.17) is 0 Å². The van der Waals surface area contributed by atoms with Gasteiger partial charge >= 0.3 is 6.04 Å². The summed E-state index contributed by atoms with van der Waals surface area (Å²) in [6.45, 7) is 3.80. The molecule has 48 valence electrons. The molecular weight excluding hydrogens is 107 g/mol. The van der Waals surface area contributed by atoms with E-state index in [9.17, 15) is 9.18 Å². The Labute approximate surface area is 48.9 Å². The molecular formula is C6H11FO. The third-order valence-electron chi connectivity index (χ3n) is 1.21. The summed E-state index contributed by atoms with van der Waals surface area (Å²) < 4.78 is 11.5. The predicted octanol–water partition coefficient (Wildman–Crippen LogP) is 1.92. The molecule has 0 fully saturated rings. The van der Waals surface area contributed by atoms with Gasteiger partial charge in [-0.2, -0.15) is 4.39 Å². The molecule has 0 bridgehead atoms. The lowest BCUT2D eigenvalue weighted by molar-refractivity contribution is -0.130. The van der Waals surface area contributed by atoms with E-state index in [1.54, 1.807) is 0 Å². The van der Waals surface area contributed by atoms with Crippen LogP contribution in [0.4, 0.5) is 4.39 Å². The SMILES string of the molecule is CCC(C)CC(=O)F. The average molecular weight is 118 g/mol. The highest BCUT2D eigenvalue weighted by molar-refractivity contribution is 5.67. The van der Waals surface area contributed by atoms with E-state index in [-0.39, 0.29) is 12.3 Å². The van der Waals surface area contributed by atoms with Gasteiger partial charge in [0.25, 0.3) is 0 Å². The third kappa shape index (κ3) is 3.78. The van der Waals surface area contributed by atoms with E-state index < -0.39 is 6.04 Å². The number of rotatable bonds is 3. The van der Waals surface area contributed by atoms with Crippen molar-refractivity contribution in [3.05, 3.63) is 0 Å². The van der Waals surface area contributed by atoms with Crippen LogP contribution < -0.4 is 0 Å². The second-order valence-corrected chi connectivity index (χ2v) is 2.07. The number of halogens is 1. The number of carbonyl (C=O) groups is 1. The fourth-order valence-electron chi connectivity index (χ4n) is 0.418. The average Bonchev–Trinajstić information content (AvgIpc) is 1.65. The Bertz CT molecular complexity index is 80.6. The van der Waals surface area contributed by atoms with Gasteiger partial charge in [0.1, 0.15) is 0 Å². The molecule has 0 heterocycles. The molecule has 0 radical (unpaired) electrons. The molecule has 0 aliphatic carbocycles. The van der Waals surface area contributed by atoms with Crippen LogP contribution in [0.2, 0.25) is 0 Å². The molecule has 0 saturated heterocycles. The Hall–Kier alpha value is -0.400. The van der Waals surface area contributed by atoms with Crippen LogP contribution in [0, 0.1) is 5.92 Å². The van der Waals surface area contributed by atoms with E-state index in [0.717, 1.165) is 6.42 Å². The quantitative estimate of drug-likeness (QED) is 0.517. The van der Waals surface area contributed by atoms with Crippen LogP contribution in [-0.2, 0) is 4.79 Å². The Morgan fingerprint density at radius 2 is 2.25 bits per heavy atom. The number of hydrogen-bond donors (Lipinski definition) is 0. The minimum atomic E-state index is -1.20. The molecule has 1 nitrogen and oxygen atoms in total. The van der Waals surface area contributed by atoms with Crippen molar-refractivity contribution in [2.24, 2.45) is 5.92 Å². The molecule has 0 aromatic carbocycles. The van der Waals surface area contributed by atoms with Crippen LogP contribution in [0.1, 0.15) is 26.7 Å². The number of carbonyl (C=O) groups excluding carboxylic acids is 1. The normalized spacial score (nSPS) is 13.4. The van der Waals surface area contributed by atoms with Gasteiger partial charge in [0, 0.05) is 6.42 Å². The highest BCUT2D eigenvalue weighted by atomic mass is 19.1. The molecule has 0 spiro atoms. The maximum absolute atomic E-state index is 11.5. The minimum Gasteiger partial charge on any atom is -0.261 e. The zero-order valence-electron chi connectivity index (χ0n) is 5.28. The summed E-state index contributed by atoms with van der Waals surface area (Å²) in [5, 5.41) is 0. The molecule has 0 N–H and O–H groups in total. The van der Waals surface area contributed by atoms with Gasteiger partial charge in [-0.1, -0.05) is 20.3 Å². The van der Waals surface area contributed by atoms with E-state index in [1.807, 2.05) is 13.8 Å². The Morgan fingerprint density at radius 3 is 2.38 bits per heavy atom. The molecule has 1 atom stereocenters. The first-order chi connectivity index (χ1) is 3.66. The van der Waals surface area contributed by atoms with Crippen molar-refractivity contribution in [3.63, 3.8) is 0 Å². The van der Waals surface area contributed by atoms with Crippen molar-refractivity contribution in [3.8, 4) is 0 Å². The van der Waals surface area contributed by atoms with Crippen molar-refractivity contribution in [1.29, 1.82) is 0 Å². The maximum atomic E-state index is 11.5. The molecule has 0 aromatic rings. The maximum Gasteiger partial charge on any atom is 0.301 e. The summed E-state index contributed by atoms with van der Waals surface area (Å²) >= 11 is 0. The van der Waals surface area contributed by atoms with Gasteiger partial charge in [-0.15, -0.1) is 0 Å². The van der Waals surface area contributed by atoms with Gasteiger partial charge in [0.05, 0.1) is 0 Å². The molecule has 2 heteroatoms. The molecule has 0 aliphatic heterocycles. The third-order valence-corrected chi connectivity index (χ3v) is 1.21. The van der Waals surface area contributed by atoms with Gasteiger partial charge in [0.2, 0.25) is 0 Å². The fraction of sp³-hybridized carbons (Fsp3) is 0.833. The van der Waals surface area contributed by atoms with Crippen LogP contribution in [0.25, 0.3) is 0 Å². The number of hydrogen-bond acceptors (Lipinski definition) is 1. The lowest BCUT2D eigenvalue weighted by atomic mass is 10.1. The van der Waals surface area contributed by atoms with Gasteiger partial charge < -0.3 is 0 Å². The molecule has 0 saturated carbocycles. The summed E-state index contributed by atoms with van der Waals surface area (Å²) in [7, 11) is 0. The first-order valence-corrected chi connectivity index (χ1v) is 2.85. The minimum absolute atomic E-state index is 0.0799. The summed E-state index contributed by atoms with van der Waals surface area (Å²) in [5.74, 6) is 0.201. The molecule has 0 aromatic heterocycles. The Morgan fingerprint density at radius 1 is 1.75 bits per heavy atom. The van der Waals surface area contributed by atoms with Gasteiger partial charge in [-0.05, 0) is 5.92 Å². The van der Waals surface area contributed by atoms with Gasteiger partial charge in [-0.3, -0.25) is 4.79 Å². The van der Waals surface area contributed by atoms with Crippen LogP contribution in [0.15, 0.2) is 0 Å². The fourth-order valence-corrected chi connectivity index (χ4v) is 0.418. The largest absolute Gasteiger partial charge is 0.301 e. The van der Waals surface area contributed by atoms with E-state index in [2.05, 4.69) is 0 Å². The van der Waals surface area contributed by atoms with Crippen molar-refractivity contribution in [2.75, 3.05) is 0 Å². The Balaban J connectivity index is 3.24. The summed E-state index contributed by atoms with van der Waals surface area (Å²) in [6.07, 6.45) is 0.951. The standard InChI is InChI=1S/C6H11FO/c1-3-5(2)4-6(7)8/h5H,3-4H2,1-2H3. The molecule has 0 amide bonds. The zero-order chi connectivity index (χ0) is 6.57. The van der Waals surface area contributed by atoms with Gasteiger partial charge in [0.15, 0.2) is 0 Å². The predicted molar refractivity (Wildman–Crippen MR) is 30.2 cm³/mol. The highest BCUT2D eigenvalue weighted by Gasteiger charge is 2.03. The zero-order valence-corrected chi connectivity index (χ0v) is 5.28.